The molecule has 1 saturated carbocycles. The summed E-state index contributed by atoms with van der Waals surface area (Å²) in [6.45, 7) is 0.277. The summed E-state index contributed by atoms with van der Waals surface area (Å²) in [7, 11) is 0. The minimum atomic E-state index is -0.932. The summed E-state index contributed by atoms with van der Waals surface area (Å²) in [6.07, 6.45) is 3.29. The Morgan fingerprint density at radius 3 is 2.34 bits per heavy atom. The molecule has 0 aliphatic heterocycles. The first-order chi connectivity index (χ1) is 18.5. The molecular formula is C31H23Cl2NO4. The van der Waals surface area contributed by atoms with Crippen LogP contribution >= 0.6 is 23.2 Å². The number of carboxylic acid groups (broad SMARTS) is 1. The van der Waals surface area contributed by atoms with Crippen LogP contribution in [0.5, 0.6) is 5.75 Å². The molecule has 190 valence electrons. The number of aromatic carboxylic acids is 1. The number of ether oxygens (including phenoxy) is 1. The van der Waals surface area contributed by atoms with E-state index in [1.54, 1.807) is 30.3 Å². The summed E-state index contributed by atoms with van der Waals surface area (Å²) in [6, 6.07) is 24.3. The van der Waals surface area contributed by atoms with Crippen molar-refractivity contribution in [3.05, 3.63) is 106 Å². The van der Waals surface area contributed by atoms with Gasteiger partial charge in [-0.3, -0.25) is 0 Å². The number of hydrogen-bond donors (Lipinski definition) is 1. The molecular weight excluding hydrogens is 521 g/mol. The lowest BCUT2D eigenvalue weighted by Crippen LogP contribution is -2.11. The lowest BCUT2D eigenvalue weighted by atomic mass is 9.81. The van der Waals surface area contributed by atoms with Crippen LogP contribution in [0, 0.1) is 0 Å². The average molecular weight is 544 g/mol. The maximum absolute atomic E-state index is 11.5. The first-order valence-electron chi connectivity index (χ1n) is 12.4. The van der Waals surface area contributed by atoms with Gasteiger partial charge in [-0.2, -0.15) is 0 Å². The summed E-state index contributed by atoms with van der Waals surface area (Å²) < 4.78 is 12.0. The molecule has 0 spiro atoms. The summed E-state index contributed by atoms with van der Waals surface area (Å²) in [4.78, 5) is 11.5. The summed E-state index contributed by atoms with van der Waals surface area (Å²) in [5.74, 6) is 0.946. The van der Waals surface area contributed by atoms with Crippen LogP contribution in [0.3, 0.4) is 0 Å². The Bertz CT molecular complexity index is 1630. The number of carboxylic acids is 1. The van der Waals surface area contributed by atoms with Gasteiger partial charge in [0.15, 0.2) is 0 Å². The third kappa shape index (κ3) is 4.53. The Hall–Kier alpha value is -3.80. The number of fused-ring (bicyclic) bond motifs is 1. The van der Waals surface area contributed by atoms with Crippen LogP contribution in [0.4, 0.5) is 0 Å². The predicted octanol–water partition coefficient (Wildman–Crippen LogP) is 9.01. The molecule has 1 aliphatic carbocycles. The molecule has 1 N–H and O–H groups in total. The van der Waals surface area contributed by atoms with Crippen molar-refractivity contribution >= 4 is 39.9 Å². The molecule has 0 bridgehead atoms. The molecule has 5 aromatic rings. The van der Waals surface area contributed by atoms with Crippen LogP contribution < -0.4 is 4.74 Å². The Morgan fingerprint density at radius 1 is 0.947 bits per heavy atom. The van der Waals surface area contributed by atoms with Gasteiger partial charge < -0.3 is 14.4 Å². The normalized spacial score (nSPS) is 13.4. The Kier molecular flexibility index (Phi) is 6.56. The minimum absolute atomic E-state index is 0.277. The molecule has 4 aromatic carbocycles. The van der Waals surface area contributed by atoms with E-state index in [4.69, 9.17) is 32.5 Å². The smallest absolute Gasteiger partial charge is 0.336 e. The van der Waals surface area contributed by atoms with E-state index in [9.17, 15) is 9.90 Å². The Labute approximate surface area is 229 Å². The second kappa shape index (κ2) is 10.2. The Morgan fingerprint density at radius 2 is 1.66 bits per heavy atom. The number of rotatable bonds is 7. The van der Waals surface area contributed by atoms with Crippen molar-refractivity contribution in [2.75, 3.05) is 0 Å². The SMILES string of the molecule is O=C(O)c1cccc2cc(-c3ccc(OCc4c(-c5c(Cl)cccc5Cl)noc4C4CCC4)cc3)ccc12. The highest BCUT2D eigenvalue weighted by Gasteiger charge is 2.30. The van der Waals surface area contributed by atoms with E-state index in [-0.39, 0.29) is 6.61 Å². The quantitative estimate of drug-likeness (QED) is 0.221. The molecule has 0 atom stereocenters. The van der Waals surface area contributed by atoms with Gasteiger partial charge in [-0.25, -0.2) is 4.79 Å². The lowest BCUT2D eigenvalue weighted by Gasteiger charge is -2.23. The largest absolute Gasteiger partial charge is 0.489 e. The number of benzene rings is 4. The first kappa shape index (κ1) is 24.5. The standard InChI is InChI=1S/C31H23Cl2NO4/c32-26-8-3-9-27(33)28(26)29-25(30(38-34-29)19-4-1-5-19)17-37-22-13-10-18(11-14-22)20-12-15-23-21(16-20)6-2-7-24(23)31(35)36/h2-3,6-16,19H,1,4-5,17H2,(H,35,36). The van der Waals surface area contributed by atoms with Gasteiger partial charge in [0, 0.05) is 11.5 Å². The molecule has 0 unspecified atom stereocenters. The van der Waals surface area contributed by atoms with E-state index in [2.05, 4.69) is 5.16 Å². The van der Waals surface area contributed by atoms with Gasteiger partial charge in [-0.05, 0) is 71.1 Å². The van der Waals surface area contributed by atoms with E-state index in [0.717, 1.165) is 40.7 Å². The second-order valence-corrected chi connectivity index (χ2v) is 10.3. The van der Waals surface area contributed by atoms with E-state index in [1.807, 2.05) is 48.5 Å². The fourth-order valence-electron chi connectivity index (χ4n) is 4.92. The van der Waals surface area contributed by atoms with Gasteiger partial charge in [0.2, 0.25) is 0 Å². The topological polar surface area (TPSA) is 72.6 Å². The molecule has 0 amide bonds. The molecule has 38 heavy (non-hydrogen) atoms. The van der Waals surface area contributed by atoms with Gasteiger partial charge in [0.1, 0.15) is 23.8 Å². The van der Waals surface area contributed by atoms with E-state index >= 15 is 0 Å². The zero-order chi connectivity index (χ0) is 26.2. The van der Waals surface area contributed by atoms with Crippen LogP contribution in [0.15, 0.2) is 83.4 Å². The molecule has 7 heteroatoms. The van der Waals surface area contributed by atoms with Crippen molar-refractivity contribution in [1.82, 2.24) is 5.16 Å². The third-order valence-electron chi connectivity index (χ3n) is 7.18. The monoisotopic (exact) mass is 543 g/mol. The van der Waals surface area contributed by atoms with Crippen LogP contribution in [0.2, 0.25) is 10.0 Å². The zero-order valence-corrected chi connectivity index (χ0v) is 21.8. The highest BCUT2D eigenvalue weighted by atomic mass is 35.5. The van der Waals surface area contributed by atoms with E-state index < -0.39 is 5.97 Å². The molecule has 1 heterocycles. The predicted molar refractivity (Wildman–Crippen MR) is 149 cm³/mol. The highest BCUT2D eigenvalue weighted by Crippen LogP contribution is 2.43. The van der Waals surface area contributed by atoms with Gasteiger partial charge in [-0.15, -0.1) is 0 Å². The van der Waals surface area contributed by atoms with Crippen molar-refractivity contribution in [2.24, 2.45) is 0 Å². The van der Waals surface area contributed by atoms with Crippen molar-refractivity contribution in [3.8, 4) is 28.1 Å². The zero-order valence-electron chi connectivity index (χ0n) is 20.3. The number of nitrogens with zero attached hydrogens (tertiary/aromatic N) is 1. The van der Waals surface area contributed by atoms with Crippen LogP contribution in [-0.2, 0) is 6.61 Å². The summed E-state index contributed by atoms with van der Waals surface area (Å²) >= 11 is 13.0. The van der Waals surface area contributed by atoms with E-state index in [0.29, 0.717) is 43.9 Å². The van der Waals surface area contributed by atoms with Crippen molar-refractivity contribution in [3.63, 3.8) is 0 Å². The minimum Gasteiger partial charge on any atom is -0.489 e. The van der Waals surface area contributed by atoms with Gasteiger partial charge in [0.05, 0.1) is 21.2 Å². The van der Waals surface area contributed by atoms with Crippen LogP contribution in [-0.4, -0.2) is 16.2 Å². The first-order valence-corrected chi connectivity index (χ1v) is 13.2. The number of hydrogen-bond acceptors (Lipinski definition) is 4. The third-order valence-corrected chi connectivity index (χ3v) is 7.81. The maximum atomic E-state index is 11.5. The molecule has 1 aliphatic rings. The lowest BCUT2D eigenvalue weighted by molar-refractivity contribution is 0.0699. The van der Waals surface area contributed by atoms with Crippen molar-refractivity contribution < 1.29 is 19.2 Å². The second-order valence-electron chi connectivity index (χ2n) is 9.46. The van der Waals surface area contributed by atoms with Crippen molar-refractivity contribution in [2.45, 2.75) is 31.8 Å². The molecule has 6 rings (SSSR count). The van der Waals surface area contributed by atoms with Crippen LogP contribution in [0.25, 0.3) is 33.2 Å². The molecule has 0 saturated heterocycles. The summed E-state index contributed by atoms with van der Waals surface area (Å²) in [5, 5.41) is 16.4. The van der Waals surface area contributed by atoms with Gasteiger partial charge in [0.25, 0.3) is 0 Å². The highest BCUT2D eigenvalue weighted by molar-refractivity contribution is 6.39. The molecule has 1 aromatic heterocycles. The number of aromatic nitrogens is 1. The average Bonchev–Trinajstić information content (AvgIpc) is 3.28. The number of carbonyl (C=O) groups is 1. The van der Waals surface area contributed by atoms with Gasteiger partial charge >= 0.3 is 5.97 Å². The number of halogens is 2. The van der Waals surface area contributed by atoms with Crippen LogP contribution in [0.1, 0.15) is 46.9 Å². The fourth-order valence-corrected chi connectivity index (χ4v) is 5.50. The molecule has 5 nitrogen and oxygen atoms in total. The fraction of sp³-hybridized carbons (Fsp3) is 0.161. The molecule has 1 fully saturated rings. The Balaban J connectivity index is 1.26. The van der Waals surface area contributed by atoms with E-state index in [1.165, 1.54) is 6.42 Å². The van der Waals surface area contributed by atoms with Crippen molar-refractivity contribution in [1.29, 1.82) is 0 Å². The summed E-state index contributed by atoms with van der Waals surface area (Å²) in [5.41, 5.74) is 4.44. The molecule has 0 radical (unpaired) electrons. The maximum Gasteiger partial charge on any atom is 0.336 e. The van der Waals surface area contributed by atoms with Gasteiger partial charge in [-0.1, -0.05) is 77.2 Å².